The number of allylic oxidation sites excluding steroid dienone is 1. The van der Waals surface area contributed by atoms with Crippen molar-refractivity contribution >= 4 is 53.9 Å². The van der Waals surface area contributed by atoms with Gasteiger partial charge in [0.15, 0.2) is 0 Å². The number of halogens is 3. The molecule has 0 aliphatic rings. The Morgan fingerprint density at radius 2 is 2.00 bits per heavy atom. The summed E-state index contributed by atoms with van der Waals surface area (Å²) in [5.41, 5.74) is 1.20. The van der Waals surface area contributed by atoms with E-state index < -0.39 is 0 Å². The maximum atomic E-state index is 3.50. The van der Waals surface area contributed by atoms with Gasteiger partial charge >= 0.3 is 0 Å². The molecule has 0 unspecified atom stereocenters. The van der Waals surface area contributed by atoms with Crippen LogP contribution in [0.4, 0.5) is 0 Å². The van der Waals surface area contributed by atoms with E-state index in [1.165, 1.54) is 5.56 Å². The van der Waals surface area contributed by atoms with Crippen LogP contribution in [0.15, 0.2) is 33.2 Å². The van der Waals surface area contributed by atoms with Crippen molar-refractivity contribution in [2.24, 2.45) is 0 Å². The van der Waals surface area contributed by atoms with Crippen LogP contribution in [0.2, 0.25) is 0 Å². The summed E-state index contributed by atoms with van der Waals surface area (Å²) in [6.07, 6.45) is 5.33. The summed E-state index contributed by atoms with van der Waals surface area (Å²) in [5, 5.41) is 1.01. The van der Waals surface area contributed by atoms with Gasteiger partial charge in [0.2, 0.25) is 0 Å². The molecule has 3 heteroatoms. The molecular formula is C10H9Br3. The molecule has 0 nitrogen and oxygen atoms in total. The maximum Gasteiger partial charge on any atom is 0.0248 e. The van der Waals surface area contributed by atoms with Crippen molar-refractivity contribution in [3.63, 3.8) is 0 Å². The van der Waals surface area contributed by atoms with Crippen molar-refractivity contribution in [2.75, 3.05) is 5.33 Å². The zero-order valence-corrected chi connectivity index (χ0v) is 11.7. The fourth-order valence-corrected chi connectivity index (χ4v) is 1.94. The Kier molecular flexibility index (Phi) is 5.29. The molecule has 0 spiro atoms. The SMILES string of the molecule is BrCCC=Cc1cc(Br)ccc1Br. The second kappa shape index (κ2) is 5.99. The van der Waals surface area contributed by atoms with E-state index in [1.807, 2.05) is 12.1 Å². The van der Waals surface area contributed by atoms with Crippen LogP contribution >= 0.6 is 47.8 Å². The lowest BCUT2D eigenvalue weighted by Gasteiger charge is -1.98. The Labute approximate surface area is 104 Å². The van der Waals surface area contributed by atoms with Crippen LogP contribution in [0, 0.1) is 0 Å². The van der Waals surface area contributed by atoms with Crippen LogP contribution in [0.25, 0.3) is 6.08 Å². The summed E-state index contributed by atoms with van der Waals surface area (Å²) < 4.78 is 2.23. The molecule has 0 fully saturated rings. The summed E-state index contributed by atoms with van der Waals surface area (Å²) in [6.45, 7) is 0. The molecule has 0 aliphatic carbocycles. The third-order valence-corrected chi connectivity index (χ3v) is 3.20. The van der Waals surface area contributed by atoms with E-state index in [-0.39, 0.29) is 0 Å². The van der Waals surface area contributed by atoms with Gasteiger partial charge in [-0.1, -0.05) is 59.9 Å². The fraction of sp³-hybridized carbons (Fsp3) is 0.200. The first-order valence-electron chi connectivity index (χ1n) is 3.91. The first kappa shape index (κ1) is 11.5. The van der Waals surface area contributed by atoms with Gasteiger partial charge < -0.3 is 0 Å². The molecule has 0 radical (unpaired) electrons. The van der Waals surface area contributed by atoms with Gasteiger partial charge in [-0.2, -0.15) is 0 Å². The van der Waals surface area contributed by atoms with Crippen LogP contribution in [-0.2, 0) is 0 Å². The third kappa shape index (κ3) is 3.96. The van der Waals surface area contributed by atoms with Gasteiger partial charge in [-0.25, -0.2) is 0 Å². The smallest absolute Gasteiger partial charge is 0.0248 e. The molecule has 0 aliphatic heterocycles. The van der Waals surface area contributed by atoms with Crippen molar-refractivity contribution in [1.82, 2.24) is 0 Å². The van der Waals surface area contributed by atoms with Crippen molar-refractivity contribution < 1.29 is 0 Å². The molecule has 0 N–H and O–H groups in total. The van der Waals surface area contributed by atoms with E-state index in [0.29, 0.717) is 0 Å². The molecule has 0 saturated carbocycles. The Morgan fingerprint density at radius 1 is 1.23 bits per heavy atom. The predicted molar refractivity (Wildman–Crippen MR) is 69.3 cm³/mol. The average Bonchev–Trinajstić information content (AvgIpc) is 2.11. The van der Waals surface area contributed by atoms with E-state index >= 15 is 0 Å². The minimum absolute atomic E-state index is 1.01. The molecule has 0 atom stereocenters. The molecule has 0 amide bonds. The molecule has 0 bridgehead atoms. The molecule has 1 rings (SSSR count). The number of alkyl halides is 1. The van der Waals surface area contributed by atoms with Crippen molar-refractivity contribution in [3.05, 3.63) is 38.8 Å². The second-order valence-corrected chi connectivity index (χ2v) is 5.11. The lowest BCUT2D eigenvalue weighted by Crippen LogP contribution is -1.76. The Balaban J connectivity index is 2.81. The van der Waals surface area contributed by atoms with Crippen molar-refractivity contribution in [2.45, 2.75) is 6.42 Å². The zero-order valence-electron chi connectivity index (χ0n) is 6.93. The lowest BCUT2D eigenvalue weighted by molar-refractivity contribution is 1.27. The molecular weight excluding hydrogens is 360 g/mol. The van der Waals surface area contributed by atoms with Crippen LogP contribution in [0.5, 0.6) is 0 Å². The molecule has 1 aromatic rings. The molecule has 70 valence electrons. The molecule has 13 heavy (non-hydrogen) atoms. The van der Waals surface area contributed by atoms with Gasteiger partial charge in [0, 0.05) is 14.3 Å². The van der Waals surface area contributed by atoms with Gasteiger partial charge in [0.25, 0.3) is 0 Å². The van der Waals surface area contributed by atoms with E-state index in [0.717, 1.165) is 20.7 Å². The van der Waals surface area contributed by atoms with E-state index in [9.17, 15) is 0 Å². The monoisotopic (exact) mass is 366 g/mol. The minimum atomic E-state index is 1.01. The number of rotatable bonds is 3. The molecule has 0 saturated heterocycles. The van der Waals surface area contributed by atoms with Crippen LogP contribution in [0.1, 0.15) is 12.0 Å². The first-order valence-corrected chi connectivity index (χ1v) is 6.62. The van der Waals surface area contributed by atoms with Gasteiger partial charge in [0.1, 0.15) is 0 Å². The maximum absolute atomic E-state index is 3.50. The second-order valence-electron chi connectivity index (χ2n) is 2.55. The zero-order chi connectivity index (χ0) is 9.68. The topological polar surface area (TPSA) is 0 Å². The van der Waals surface area contributed by atoms with Gasteiger partial charge in [-0.05, 0) is 30.2 Å². The molecule has 0 aromatic heterocycles. The van der Waals surface area contributed by atoms with Gasteiger partial charge in [0.05, 0.1) is 0 Å². The summed E-state index contributed by atoms with van der Waals surface area (Å²) >= 11 is 10.3. The standard InChI is InChI=1S/C10H9Br3/c11-6-2-1-3-8-7-9(12)4-5-10(8)13/h1,3-5,7H,2,6H2. The third-order valence-electron chi connectivity index (χ3n) is 1.53. The Morgan fingerprint density at radius 3 is 2.69 bits per heavy atom. The number of hydrogen-bond donors (Lipinski definition) is 0. The average molecular weight is 369 g/mol. The van der Waals surface area contributed by atoms with Crippen molar-refractivity contribution in [3.8, 4) is 0 Å². The Hall–Kier alpha value is 0.400. The summed E-state index contributed by atoms with van der Waals surface area (Å²) in [6, 6.07) is 6.15. The van der Waals surface area contributed by atoms with Crippen LogP contribution < -0.4 is 0 Å². The Bertz CT molecular complexity index is 305. The number of hydrogen-bond acceptors (Lipinski definition) is 0. The van der Waals surface area contributed by atoms with Gasteiger partial charge in [-0.15, -0.1) is 0 Å². The van der Waals surface area contributed by atoms with Crippen molar-refractivity contribution in [1.29, 1.82) is 0 Å². The summed E-state index contributed by atoms with van der Waals surface area (Å²) in [7, 11) is 0. The highest BCUT2D eigenvalue weighted by molar-refractivity contribution is 9.11. The minimum Gasteiger partial charge on any atom is -0.0925 e. The van der Waals surface area contributed by atoms with Crippen LogP contribution in [0.3, 0.4) is 0 Å². The van der Waals surface area contributed by atoms with Crippen LogP contribution in [-0.4, -0.2) is 5.33 Å². The largest absolute Gasteiger partial charge is 0.0925 e. The lowest BCUT2D eigenvalue weighted by atomic mass is 10.2. The normalized spacial score (nSPS) is 11.0. The van der Waals surface area contributed by atoms with E-state index in [2.05, 4.69) is 66.0 Å². The molecule has 1 aromatic carbocycles. The highest BCUT2D eigenvalue weighted by Crippen LogP contribution is 2.22. The highest BCUT2D eigenvalue weighted by Gasteiger charge is 1.95. The predicted octanol–water partition coefficient (Wildman–Crippen LogP) is 5.01. The van der Waals surface area contributed by atoms with E-state index in [4.69, 9.17) is 0 Å². The first-order chi connectivity index (χ1) is 6.24. The molecule has 0 heterocycles. The van der Waals surface area contributed by atoms with E-state index in [1.54, 1.807) is 0 Å². The quantitative estimate of drug-likeness (QED) is 0.658. The van der Waals surface area contributed by atoms with Gasteiger partial charge in [-0.3, -0.25) is 0 Å². The summed E-state index contributed by atoms with van der Waals surface area (Å²) in [4.78, 5) is 0. The highest BCUT2D eigenvalue weighted by atomic mass is 79.9. The number of benzene rings is 1. The fourth-order valence-electron chi connectivity index (χ4n) is 0.916. The summed E-state index contributed by atoms with van der Waals surface area (Å²) in [5.74, 6) is 0.